The van der Waals surface area contributed by atoms with Gasteiger partial charge >= 0.3 is 0 Å². The number of nitrogens with zero attached hydrogens (tertiary/aromatic N) is 2. The molecule has 1 aliphatic carbocycles. The van der Waals surface area contributed by atoms with Crippen molar-refractivity contribution >= 4 is 21.6 Å². The van der Waals surface area contributed by atoms with Crippen molar-refractivity contribution in [2.45, 2.75) is 39.2 Å². The Morgan fingerprint density at radius 2 is 2.11 bits per heavy atom. The van der Waals surface area contributed by atoms with E-state index in [-0.39, 0.29) is 16.7 Å². The molecule has 5 nitrogen and oxygen atoms in total. The number of aromatic nitrogens is 1. The van der Waals surface area contributed by atoms with Gasteiger partial charge in [-0.1, -0.05) is 28.8 Å². The zero-order valence-electron chi connectivity index (χ0n) is 10.9. The summed E-state index contributed by atoms with van der Waals surface area (Å²) >= 11 is 3.53. The Bertz CT molecular complexity index is 547. The fourth-order valence-electron chi connectivity index (χ4n) is 2.79. The molecule has 6 heteroatoms. The molecular formula is C13H17BrN2O3. The van der Waals surface area contributed by atoms with Gasteiger partial charge in [0.25, 0.3) is 11.2 Å². The van der Waals surface area contributed by atoms with Crippen LogP contribution in [0.25, 0.3) is 0 Å². The molecule has 1 aromatic rings. The predicted molar refractivity (Wildman–Crippen MR) is 76.8 cm³/mol. The molecule has 1 fully saturated rings. The molecule has 0 spiro atoms. The van der Waals surface area contributed by atoms with Crippen LogP contribution in [0.4, 0.5) is 5.69 Å². The molecule has 0 unspecified atom stereocenters. The molecule has 0 bridgehead atoms. The fourth-order valence-corrected chi connectivity index (χ4v) is 3.53. The van der Waals surface area contributed by atoms with Gasteiger partial charge in [-0.3, -0.25) is 14.9 Å². The second-order valence-corrected chi connectivity index (χ2v) is 5.97. The summed E-state index contributed by atoms with van der Waals surface area (Å²) in [5.74, 6) is 0. The molecule has 1 saturated carbocycles. The van der Waals surface area contributed by atoms with Crippen LogP contribution in [0.3, 0.4) is 0 Å². The highest BCUT2D eigenvalue weighted by atomic mass is 79.9. The quantitative estimate of drug-likeness (QED) is 0.484. The van der Waals surface area contributed by atoms with Gasteiger partial charge in [0.2, 0.25) is 0 Å². The monoisotopic (exact) mass is 328 g/mol. The summed E-state index contributed by atoms with van der Waals surface area (Å²) in [6.45, 7) is 2.15. The molecule has 104 valence electrons. The first-order valence-electron chi connectivity index (χ1n) is 6.39. The van der Waals surface area contributed by atoms with E-state index in [4.69, 9.17) is 0 Å². The first kappa shape index (κ1) is 14.2. The SMILES string of the molecule is Cc1cc(=O)n(CC2(CBr)CCCC2)cc1[N+](=O)[O-]. The van der Waals surface area contributed by atoms with Crippen molar-refractivity contribution in [2.75, 3.05) is 5.33 Å². The normalized spacial score (nSPS) is 17.6. The Morgan fingerprint density at radius 3 is 2.63 bits per heavy atom. The van der Waals surface area contributed by atoms with Crippen LogP contribution in [-0.4, -0.2) is 14.8 Å². The van der Waals surface area contributed by atoms with Crippen LogP contribution in [-0.2, 0) is 6.54 Å². The standard InChI is InChI=1S/C13H17BrN2O3/c1-10-6-12(17)15(7-11(10)16(18)19)9-13(8-14)4-2-3-5-13/h6-7H,2-5,8-9H2,1H3. The van der Waals surface area contributed by atoms with E-state index in [2.05, 4.69) is 15.9 Å². The average molecular weight is 329 g/mol. The van der Waals surface area contributed by atoms with Gasteiger partial charge < -0.3 is 4.57 Å². The van der Waals surface area contributed by atoms with Crippen molar-refractivity contribution in [2.24, 2.45) is 5.41 Å². The van der Waals surface area contributed by atoms with Gasteiger partial charge in [-0.05, 0) is 25.2 Å². The predicted octanol–water partition coefficient (Wildman–Crippen LogP) is 3.02. The maximum absolute atomic E-state index is 12.0. The number of aryl methyl sites for hydroxylation is 1. The second kappa shape index (κ2) is 5.45. The lowest BCUT2D eigenvalue weighted by atomic mass is 9.88. The number of rotatable bonds is 4. The van der Waals surface area contributed by atoms with Gasteiger partial charge in [-0.25, -0.2) is 0 Å². The van der Waals surface area contributed by atoms with Crippen LogP contribution < -0.4 is 5.56 Å². The fraction of sp³-hybridized carbons (Fsp3) is 0.615. The molecule has 0 radical (unpaired) electrons. The van der Waals surface area contributed by atoms with Gasteiger partial charge in [-0.15, -0.1) is 0 Å². The third-order valence-electron chi connectivity index (χ3n) is 3.96. The Labute approximate surface area is 119 Å². The molecular weight excluding hydrogens is 312 g/mol. The highest BCUT2D eigenvalue weighted by Crippen LogP contribution is 2.40. The summed E-state index contributed by atoms with van der Waals surface area (Å²) in [5, 5.41) is 11.8. The van der Waals surface area contributed by atoms with Gasteiger partial charge in [0.1, 0.15) is 0 Å². The number of nitro groups is 1. The van der Waals surface area contributed by atoms with Crippen molar-refractivity contribution in [1.29, 1.82) is 0 Å². The highest BCUT2D eigenvalue weighted by Gasteiger charge is 2.33. The third-order valence-corrected chi connectivity index (χ3v) is 5.14. The summed E-state index contributed by atoms with van der Waals surface area (Å²) < 4.78 is 1.50. The van der Waals surface area contributed by atoms with Crippen molar-refractivity contribution in [1.82, 2.24) is 4.57 Å². The van der Waals surface area contributed by atoms with E-state index in [0.717, 1.165) is 31.0 Å². The van der Waals surface area contributed by atoms with Crippen molar-refractivity contribution in [3.63, 3.8) is 0 Å². The molecule has 1 aromatic heterocycles. The molecule has 0 aliphatic heterocycles. The lowest BCUT2D eigenvalue weighted by Gasteiger charge is -2.27. The van der Waals surface area contributed by atoms with Crippen molar-refractivity contribution in [3.8, 4) is 0 Å². The van der Waals surface area contributed by atoms with E-state index in [1.54, 1.807) is 6.92 Å². The first-order chi connectivity index (χ1) is 8.97. The molecule has 1 heterocycles. The summed E-state index contributed by atoms with van der Waals surface area (Å²) in [4.78, 5) is 22.5. The van der Waals surface area contributed by atoms with Crippen LogP contribution in [0.1, 0.15) is 31.2 Å². The molecule has 2 rings (SSSR count). The zero-order chi connectivity index (χ0) is 14.0. The van der Waals surface area contributed by atoms with Crippen molar-refractivity contribution in [3.05, 3.63) is 38.3 Å². The van der Waals surface area contributed by atoms with Crippen LogP contribution >= 0.6 is 15.9 Å². The Balaban J connectivity index is 2.37. The van der Waals surface area contributed by atoms with E-state index < -0.39 is 4.92 Å². The molecule has 0 amide bonds. The molecule has 19 heavy (non-hydrogen) atoms. The van der Waals surface area contributed by atoms with Gasteiger partial charge in [0.15, 0.2) is 0 Å². The number of alkyl halides is 1. The lowest BCUT2D eigenvalue weighted by molar-refractivity contribution is -0.386. The van der Waals surface area contributed by atoms with E-state index in [1.165, 1.54) is 16.8 Å². The van der Waals surface area contributed by atoms with Gasteiger partial charge in [0, 0.05) is 23.5 Å². The summed E-state index contributed by atoms with van der Waals surface area (Å²) in [7, 11) is 0. The van der Waals surface area contributed by atoms with Crippen LogP contribution in [0.2, 0.25) is 0 Å². The molecule has 0 saturated heterocycles. The Morgan fingerprint density at radius 1 is 1.47 bits per heavy atom. The van der Waals surface area contributed by atoms with E-state index >= 15 is 0 Å². The molecule has 0 aromatic carbocycles. The van der Waals surface area contributed by atoms with Gasteiger partial charge in [-0.2, -0.15) is 0 Å². The smallest absolute Gasteiger partial charge is 0.288 e. The Kier molecular flexibility index (Phi) is 4.08. The van der Waals surface area contributed by atoms with Crippen LogP contribution in [0.15, 0.2) is 17.1 Å². The summed E-state index contributed by atoms with van der Waals surface area (Å²) in [6, 6.07) is 1.36. The van der Waals surface area contributed by atoms with Crippen LogP contribution in [0, 0.1) is 22.5 Å². The second-order valence-electron chi connectivity index (χ2n) is 5.41. The largest absolute Gasteiger partial charge is 0.308 e. The zero-order valence-corrected chi connectivity index (χ0v) is 12.5. The number of hydrogen-bond acceptors (Lipinski definition) is 3. The Hall–Kier alpha value is -1.17. The topological polar surface area (TPSA) is 65.1 Å². The van der Waals surface area contributed by atoms with Crippen molar-refractivity contribution < 1.29 is 4.92 Å². The van der Waals surface area contributed by atoms with E-state index in [9.17, 15) is 14.9 Å². The minimum atomic E-state index is -0.430. The van der Waals surface area contributed by atoms with Gasteiger partial charge in [0.05, 0.1) is 11.1 Å². The first-order valence-corrected chi connectivity index (χ1v) is 7.51. The maximum atomic E-state index is 12.0. The summed E-state index contributed by atoms with van der Waals surface area (Å²) in [5.41, 5.74) is 0.343. The van der Waals surface area contributed by atoms with E-state index in [0.29, 0.717) is 12.1 Å². The third kappa shape index (κ3) is 2.88. The molecule has 0 atom stereocenters. The average Bonchev–Trinajstić information content (AvgIpc) is 2.81. The lowest BCUT2D eigenvalue weighted by Crippen LogP contribution is -2.31. The minimum absolute atomic E-state index is 0.0160. The molecule has 1 aliphatic rings. The minimum Gasteiger partial charge on any atom is -0.308 e. The maximum Gasteiger partial charge on any atom is 0.288 e. The highest BCUT2D eigenvalue weighted by molar-refractivity contribution is 9.09. The summed E-state index contributed by atoms with van der Waals surface area (Å²) in [6.07, 6.45) is 5.84. The molecule has 0 N–H and O–H groups in total. The van der Waals surface area contributed by atoms with Crippen LogP contribution in [0.5, 0.6) is 0 Å². The number of halogens is 1. The van der Waals surface area contributed by atoms with E-state index in [1.807, 2.05) is 0 Å². The number of pyridine rings is 1. The number of hydrogen-bond donors (Lipinski definition) is 0.